The van der Waals surface area contributed by atoms with Crippen molar-refractivity contribution >= 4 is 34.9 Å². The Bertz CT molecular complexity index is 1050. The second-order valence-electron chi connectivity index (χ2n) is 6.92. The lowest BCUT2D eigenvalue weighted by Gasteiger charge is -2.12. The summed E-state index contributed by atoms with van der Waals surface area (Å²) in [5.74, 6) is 0.813. The molecule has 0 aliphatic carbocycles. The molecular formula is C22H23Cl2N3O4. The predicted molar refractivity (Wildman–Crippen MR) is 120 cm³/mol. The first-order valence-corrected chi connectivity index (χ1v) is 10.6. The van der Waals surface area contributed by atoms with Gasteiger partial charge in [0.1, 0.15) is 5.75 Å². The largest absolute Gasteiger partial charge is 0.497 e. The number of methoxy groups -OCH3 is 1. The molecule has 0 saturated heterocycles. The minimum Gasteiger partial charge on any atom is -0.497 e. The van der Waals surface area contributed by atoms with Crippen LogP contribution in [0.1, 0.15) is 42.1 Å². The average Bonchev–Trinajstić information content (AvgIpc) is 3.20. The van der Waals surface area contributed by atoms with Crippen LogP contribution in [0.4, 0.5) is 5.82 Å². The molecule has 0 unspecified atom stereocenters. The third kappa shape index (κ3) is 5.48. The zero-order valence-corrected chi connectivity index (χ0v) is 19.0. The highest BCUT2D eigenvalue weighted by atomic mass is 35.5. The molecule has 2 aromatic carbocycles. The van der Waals surface area contributed by atoms with Crippen molar-refractivity contribution in [3.8, 4) is 22.8 Å². The number of nitrogens with zero attached hydrogens (tertiary/aromatic N) is 2. The van der Waals surface area contributed by atoms with Gasteiger partial charge in [-0.25, -0.2) is 4.63 Å². The molecule has 3 rings (SSSR count). The molecule has 9 heteroatoms. The van der Waals surface area contributed by atoms with Crippen LogP contribution in [0.5, 0.6) is 11.5 Å². The summed E-state index contributed by atoms with van der Waals surface area (Å²) in [6.45, 7) is 4.52. The molecule has 164 valence electrons. The van der Waals surface area contributed by atoms with Crippen molar-refractivity contribution in [3.63, 3.8) is 0 Å². The van der Waals surface area contributed by atoms with Gasteiger partial charge in [-0.3, -0.25) is 4.79 Å². The lowest BCUT2D eigenvalue weighted by atomic mass is 10.1. The number of aryl methyl sites for hydroxylation is 1. The normalized spacial score (nSPS) is 10.7. The maximum atomic E-state index is 12.8. The highest BCUT2D eigenvalue weighted by Gasteiger charge is 2.20. The topological polar surface area (TPSA) is 86.5 Å². The van der Waals surface area contributed by atoms with E-state index in [4.69, 9.17) is 37.3 Å². The number of halogens is 2. The number of benzene rings is 2. The molecule has 7 nitrogen and oxygen atoms in total. The Morgan fingerprint density at radius 3 is 2.52 bits per heavy atom. The Kier molecular flexibility index (Phi) is 7.76. The third-order valence-corrected chi connectivity index (χ3v) is 5.23. The first-order chi connectivity index (χ1) is 14.9. The number of unbranched alkanes of at least 4 members (excludes halogenated alkanes) is 2. The summed E-state index contributed by atoms with van der Waals surface area (Å²) in [6.07, 6.45) is 3.04. The number of anilines is 1. The van der Waals surface area contributed by atoms with Crippen molar-refractivity contribution in [1.29, 1.82) is 0 Å². The van der Waals surface area contributed by atoms with E-state index in [2.05, 4.69) is 22.6 Å². The van der Waals surface area contributed by atoms with Crippen LogP contribution in [-0.2, 0) is 0 Å². The third-order valence-electron chi connectivity index (χ3n) is 4.66. The number of amides is 1. The van der Waals surface area contributed by atoms with Crippen molar-refractivity contribution in [2.75, 3.05) is 19.0 Å². The van der Waals surface area contributed by atoms with E-state index in [9.17, 15) is 4.79 Å². The van der Waals surface area contributed by atoms with Crippen LogP contribution in [0, 0.1) is 6.92 Å². The molecule has 0 aliphatic rings. The maximum absolute atomic E-state index is 12.8. The molecular weight excluding hydrogens is 441 g/mol. The first-order valence-electron chi connectivity index (χ1n) is 9.85. The van der Waals surface area contributed by atoms with Crippen molar-refractivity contribution in [2.24, 2.45) is 0 Å². The van der Waals surface area contributed by atoms with Crippen LogP contribution in [0.15, 0.2) is 35.0 Å². The second kappa shape index (κ2) is 10.5. The van der Waals surface area contributed by atoms with Crippen LogP contribution in [-0.4, -0.2) is 29.9 Å². The number of hydrogen-bond donors (Lipinski definition) is 1. The van der Waals surface area contributed by atoms with Gasteiger partial charge in [-0.1, -0.05) is 43.0 Å². The van der Waals surface area contributed by atoms with E-state index in [0.29, 0.717) is 23.8 Å². The van der Waals surface area contributed by atoms with Crippen LogP contribution < -0.4 is 14.8 Å². The molecule has 1 heterocycles. The van der Waals surface area contributed by atoms with Gasteiger partial charge in [0.15, 0.2) is 11.4 Å². The molecule has 0 atom stereocenters. The summed E-state index contributed by atoms with van der Waals surface area (Å²) in [5.41, 5.74) is 2.31. The fourth-order valence-electron chi connectivity index (χ4n) is 3.01. The predicted octanol–water partition coefficient (Wildman–Crippen LogP) is 6.18. The van der Waals surface area contributed by atoms with Gasteiger partial charge in [0.25, 0.3) is 5.91 Å². The van der Waals surface area contributed by atoms with Crippen LogP contribution >= 0.6 is 23.2 Å². The standard InChI is InChI=1S/C22H23Cl2N3O4/c1-4-5-6-9-30-20-17(23)11-14(12-18(20)24)22(28)25-21-19(26-31-27-21)16-8-7-15(29-3)10-13(16)2/h7-8,10-12H,4-6,9H2,1-3H3,(H,25,27,28). The van der Waals surface area contributed by atoms with E-state index in [1.807, 2.05) is 19.1 Å². The summed E-state index contributed by atoms with van der Waals surface area (Å²) >= 11 is 12.6. The van der Waals surface area contributed by atoms with Gasteiger partial charge in [0.05, 0.1) is 23.8 Å². The molecule has 0 radical (unpaired) electrons. The fourth-order valence-corrected chi connectivity index (χ4v) is 3.61. The van der Waals surface area contributed by atoms with E-state index < -0.39 is 5.91 Å². The summed E-state index contributed by atoms with van der Waals surface area (Å²) in [4.78, 5) is 12.8. The SMILES string of the molecule is CCCCCOc1c(Cl)cc(C(=O)Nc2nonc2-c2ccc(OC)cc2C)cc1Cl. The van der Waals surface area contributed by atoms with Gasteiger partial charge in [-0.05, 0) is 59.6 Å². The molecule has 31 heavy (non-hydrogen) atoms. The highest BCUT2D eigenvalue weighted by molar-refractivity contribution is 6.37. The number of nitrogens with one attached hydrogen (secondary N) is 1. The lowest BCUT2D eigenvalue weighted by Crippen LogP contribution is -2.13. The Labute approximate surface area is 190 Å². The van der Waals surface area contributed by atoms with Gasteiger partial charge in [0.2, 0.25) is 5.82 Å². The van der Waals surface area contributed by atoms with E-state index in [0.717, 1.165) is 30.4 Å². The molecule has 0 bridgehead atoms. The number of aromatic nitrogens is 2. The number of rotatable bonds is 9. The minimum atomic E-state index is -0.454. The number of carbonyl (C=O) groups is 1. The van der Waals surface area contributed by atoms with Gasteiger partial charge >= 0.3 is 0 Å². The summed E-state index contributed by atoms with van der Waals surface area (Å²) in [7, 11) is 1.59. The first kappa shape index (κ1) is 22.9. The molecule has 0 saturated carbocycles. The molecule has 0 spiro atoms. The fraction of sp³-hybridized carbons (Fsp3) is 0.318. The van der Waals surface area contributed by atoms with Crippen molar-refractivity contribution in [3.05, 3.63) is 51.5 Å². The Morgan fingerprint density at radius 2 is 1.87 bits per heavy atom. The van der Waals surface area contributed by atoms with E-state index in [-0.39, 0.29) is 21.4 Å². The van der Waals surface area contributed by atoms with Crippen LogP contribution in [0.25, 0.3) is 11.3 Å². The molecule has 0 fully saturated rings. The van der Waals surface area contributed by atoms with Crippen molar-refractivity contribution < 1.29 is 18.9 Å². The number of hydrogen-bond acceptors (Lipinski definition) is 6. The quantitative estimate of drug-likeness (QED) is 0.381. The van der Waals surface area contributed by atoms with Gasteiger partial charge < -0.3 is 14.8 Å². The molecule has 0 aliphatic heterocycles. The lowest BCUT2D eigenvalue weighted by molar-refractivity contribution is 0.102. The van der Waals surface area contributed by atoms with Crippen LogP contribution in [0.2, 0.25) is 10.0 Å². The van der Waals surface area contributed by atoms with Crippen molar-refractivity contribution in [2.45, 2.75) is 33.1 Å². The Morgan fingerprint density at radius 1 is 1.13 bits per heavy atom. The molecule has 3 aromatic rings. The smallest absolute Gasteiger partial charge is 0.257 e. The van der Waals surface area contributed by atoms with Crippen LogP contribution in [0.3, 0.4) is 0 Å². The zero-order valence-electron chi connectivity index (χ0n) is 17.5. The monoisotopic (exact) mass is 463 g/mol. The Balaban J connectivity index is 1.78. The van der Waals surface area contributed by atoms with Gasteiger partial charge in [-0.2, -0.15) is 0 Å². The van der Waals surface area contributed by atoms with E-state index in [1.54, 1.807) is 13.2 Å². The summed E-state index contributed by atoms with van der Waals surface area (Å²) < 4.78 is 15.8. The number of carbonyl (C=O) groups excluding carboxylic acids is 1. The van der Waals surface area contributed by atoms with Crippen molar-refractivity contribution in [1.82, 2.24) is 10.3 Å². The Hall–Kier alpha value is -2.77. The molecule has 1 amide bonds. The summed E-state index contributed by atoms with van der Waals surface area (Å²) in [5, 5.41) is 11.0. The van der Waals surface area contributed by atoms with Gasteiger partial charge in [-0.15, -0.1) is 0 Å². The molecule has 1 aromatic heterocycles. The number of ether oxygens (including phenoxy) is 2. The second-order valence-corrected chi connectivity index (χ2v) is 7.74. The highest BCUT2D eigenvalue weighted by Crippen LogP contribution is 2.35. The van der Waals surface area contributed by atoms with E-state index in [1.165, 1.54) is 12.1 Å². The van der Waals surface area contributed by atoms with E-state index >= 15 is 0 Å². The average molecular weight is 464 g/mol. The van der Waals surface area contributed by atoms with Gasteiger partial charge in [0, 0.05) is 11.1 Å². The minimum absolute atomic E-state index is 0.186. The summed E-state index contributed by atoms with van der Waals surface area (Å²) in [6, 6.07) is 8.48. The maximum Gasteiger partial charge on any atom is 0.257 e. The zero-order chi connectivity index (χ0) is 22.4. The molecule has 1 N–H and O–H groups in total.